The number of phenols is 1. The Balaban J connectivity index is 2.09. The Bertz CT molecular complexity index is 1350. The number of nitriles is 1. The third-order valence-corrected chi connectivity index (χ3v) is 4.78. The predicted octanol–water partition coefficient (Wildman–Crippen LogP) is 2.63. The molecule has 0 saturated heterocycles. The molecule has 1 aliphatic rings. The lowest BCUT2D eigenvalue weighted by atomic mass is 9.83. The van der Waals surface area contributed by atoms with E-state index in [1.165, 1.54) is 13.2 Å². The number of ether oxygens (including phenoxy) is 2. The summed E-state index contributed by atoms with van der Waals surface area (Å²) >= 11 is 0. The van der Waals surface area contributed by atoms with Gasteiger partial charge in [-0.05, 0) is 23.8 Å². The van der Waals surface area contributed by atoms with E-state index >= 15 is 0 Å². The van der Waals surface area contributed by atoms with Crippen LogP contribution in [0.25, 0.3) is 11.0 Å². The van der Waals surface area contributed by atoms with E-state index in [1.54, 1.807) is 24.3 Å². The van der Waals surface area contributed by atoms with E-state index in [4.69, 9.17) is 19.6 Å². The molecule has 2 aromatic carbocycles. The number of hydrogen-bond acceptors (Lipinski definition) is 9. The molecule has 1 aromatic heterocycles. The number of nitro benzene ring substituents is 1. The van der Waals surface area contributed by atoms with Crippen LogP contribution >= 0.6 is 0 Å². The van der Waals surface area contributed by atoms with Gasteiger partial charge in [-0.2, -0.15) is 5.26 Å². The summed E-state index contributed by atoms with van der Waals surface area (Å²) in [6.07, 6.45) is 0. The lowest BCUT2D eigenvalue weighted by Gasteiger charge is -2.26. The lowest BCUT2D eigenvalue weighted by Crippen LogP contribution is -2.26. The zero-order valence-corrected chi connectivity index (χ0v) is 15.4. The minimum atomic E-state index is -1.16. The number of hydrogen-bond donors (Lipinski definition) is 2. The number of fused-ring (bicyclic) bond motifs is 3. The first kappa shape index (κ1) is 18.8. The van der Waals surface area contributed by atoms with Crippen molar-refractivity contribution < 1.29 is 23.9 Å². The van der Waals surface area contributed by atoms with Gasteiger partial charge in [0.25, 0.3) is 0 Å². The van der Waals surface area contributed by atoms with Crippen molar-refractivity contribution in [1.29, 1.82) is 5.26 Å². The number of nitro groups is 1. The summed E-state index contributed by atoms with van der Waals surface area (Å²) in [7, 11) is 1.17. The molecule has 1 atom stereocenters. The quantitative estimate of drug-likeness (QED) is 0.377. The maximum atomic E-state index is 12.8. The minimum Gasteiger partial charge on any atom is -0.504 e. The molecular weight excluding hydrogens is 394 g/mol. The van der Waals surface area contributed by atoms with Gasteiger partial charge >= 0.3 is 11.3 Å². The van der Waals surface area contributed by atoms with Crippen LogP contribution in [0.5, 0.6) is 17.2 Å². The first-order valence-corrected chi connectivity index (χ1v) is 8.56. The molecule has 2 heterocycles. The SMILES string of the molecule is COc1c(O)cc(C2C(C#N)=C(N)Oc3c2c(=O)oc2ccccc32)cc1[N+](=O)[O-]. The summed E-state index contributed by atoms with van der Waals surface area (Å²) in [5.41, 5.74) is 4.72. The molecule has 0 fully saturated rings. The highest BCUT2D eigenvalue weighted by molar-refractivity contribution is 5.86. The van der Waals surface area contributed by atoms with Crippen LogP contribution in [0, 0.1) is 21.4 Å². The highest BCUT2D eigenvalue weighted by atomic mass is 16.6. The van der Waals surface area contributed by atoms with E-state index < -0.39 is 27.9 Å². The van der Waals surface area contributed by atoms with Crippen LogP contribution in [0.4, 0.5) is 5.69 Å². The fraction of sp³-hybridized carbons (Fsp3) is 0.100. The number of phenolic OH excluding ortho intramolecular Hbond substituents is 1. The van der Waals surface area contributed by atoms with Gasteiger partial charge < -0.3 is 24.7 Å². The smallest absolute Gasteiger partial charge is 0.344 e. The summed E-state index contributed by atoms with van der Waals surface area (Å²) in [4.78, 5) is 23.5. The highest BCUT2D eigenvalue weighted by Gasteiger charge is 2.37. The monoisotopic (exact) mass is 407 g/mol. The average molecular weight is 407 g/mol. The minimum absolute atomic E-state index is 0.0571. The lowest BCUT2D eigenvalue weighted by molar-refractivity contribution is -0.385. The maximum absolute atomic E-state index is 12.8. The fourth-order valence-electron chi connectivity index (χ4n) is 3.53. The molecule has 10 nitrogen and oxygen atoms in total. The molecule has 10 heteroatoms. The molecule has 3 aromatic rings. The predicted molar refractivity (Wildman–Crippen MR) is 103 cm³/mol. The van der Waals surface area contributed by atoms with Crippen molar-refractivity contribution in [3.8, 4) is 23.3 Å². The number of rotatable bonds is 3. The van der Waals surface area contributed by atoms with Gasteiger partial charge in [-0.3, -0.25) is 10.1 Å². The summed E-state index contributed by atoms with van der Waals surface area (Å²) < 4.78 is 15.9. The van der Waals surface area contributed by atoms with Gasteiger partial charge in [0.15, 0.2) is 11.5 Å². The van der Waals surface area contributed by atoms with Crippen molar-refractivity contribution in [3.63, 3.8) is 0 Å². The van der Waals surface area contributed by atoms with Crippen LogP contribution in [0.2, 0.25) is 0 Å². The average Bonchev–Trinajstić information content (AvgIpc) is 2.72. The Kier molecular flexibility index (Phi) is 4.28. The Morgan fingerprint density at radius 1 is 1.33 bits per heavy atom. The second-order valence-corrected chi connectivity index (χ2v) is 6.40. The second-order valence-electron chi connectivity index (χ2n) is 6.40. The van der Waals surface area contributed by atoms with Crippen molar-refractivity contribution in [2.75, 3.05) is 7.11 Å². The summed E-state index contributed by atoms with van der Waals surface area (Å²) in [6, 6.07) is 10.7. The first-order chi connectivity index (χ1) is 14.4. The standard InChI is InChI=1S/C20H13N3O7/c1-28-18-12(23(26)27)6-9(7-13(18)24)15-11(8-21)19(22)30-17-10-4-2-3-5-14(10)29-20(25)16(15)17/h2-7,15,24H,22H2,1H3. The van der Waals surface area contributed by atoms with Gasteiger partial charge in [0, 0.05) is 6.07 Å². The second kappa shape index (κ2) is 6.82. The number of nitrogens with zero attached hydrogens (tertiary/aromatic N) is 2. The Morgan fingerprint density at radius 2 is 2.07 bits per heavy atom. The Morgan fingerprint density at radius 3 is 2.73 bits per heavy atom. The van der Waals surface area contributed by atoms with Gasteiger partial charge in [0.1, 0.15) is 17.2 Å². The third kappa shape index (κ3) is 2.68. The molecule has 30 heavy (non-hydrogen) atoms. The Labute approximate surface area is 168 Å². The van der Waals surface area contributed by atoms with Gasteiger partial charge in [0.2, 0.25) is 11.6 Å². The molecule has 1 aliphatic heterocycles. The van der Waals surface area contributed by atoms with Gasteiger partial charge in [-0.15, -0.1) is 0 Å². The zero-order valence-electron chi connectivity index (χ0n) is 15.4. The molecule has 0 saturated carbocycles. The van der Waals surface area contributed by atoms with E-state index in [9.17, 15) is 25.3 Å². The Hall–Kier alpha value is -4.52. The first-order valence-electron chi connectivity index (χ1n) is 8.56. The van der Waals surface area contributed by atoms with Crippen LogP contribution in [-0.4, -0.2) is 17.1 Å². The summed E-state index contributed by atoms with van der Waals surface area (Å²) in [6.45, 7) is 0. The molecule has 4 rings (SSSR count). The summed E-state index contributed by atoms with van der Waals surface area (Å²) in [5.74, 6) is -2.21. The number of nitrogens with two attached hydrogens (primary N) is 1. The van der Waals surface area contributed by atoms with Crippen LogP contribution in [0.15, 0.2) is 57.1 Å². The normalized spacial score (nSPS) is 15.3. The third-order valence-electron chi connectivity index (χ3n) is 4.78. The van der Waals surface area contributed by atoms with E-state index in [0.29, 0.717) is 5.39 Å². The van der Waals surface area contributed by atoms with E-state index in [1.807, 2.05) is 6.07 Å². The van der Waals surface area contributed by atoms with E-state index in [2.05, 4.69) is 0 Å². The van der Waals surface area contributed by atoms with Crippen molar-refractivity contribution >= 4 is 16.7 Å². The maximum Gasteiger partial charge on any atom is 0.344 e. The zero-order chi connectivity index (χ0) is 21.6. The fourth-order valence-corrected chi connectivity index (χ4v) is 3.53. The van der Waals surface area contributed by atoms with E-state index in [0.717, 1.165) is 6.07 Å². The van der Waals surface area contributed by atoms with Crippen LogP contribution in [0.3, 0.4) is 0 Å². The summed E-state index contributed by atoms with van der Waals surface area (Å²) in [5, 5.41) is 31.8. The van der Waals surface area contributed by atoms with Crippen molar-refractivity contribution in [2.24, 2.45) is 5.73 Å². The number of aromatic hydroxyl groups is 1. The van der Waals surface area contributed by atoms with Crippen LogP contribution in [-0.2, 0) is 0 Å². The van der Waals surface area contributed by atoms with E-state index in [-0.39, 0.29) is 39.7 Å². The number of benzene rings is 2. The molecule has 0 spiro atoms. The number of para-hydroxylation sites is 1. The molecule has 150 valence electrons. The van der Waals surface area contributed by atoms with Gasteiger partial charge in [0.05, 0.1) is 28.9 Å². The molecule has 0 bridgehead atoms. The largest absolute Gasteiger partial charge is 0.504 e. The van der Waals surface area contributed by atoms with Crippen LogP contribution in [0.1, 0.15) is 17.0 Å². The van der Waals surface area contributed by atoms with Crippen molar-refractivity contribution in [1.82, 2.24) is 0 Å². The van der Waals surface area contributed by atoms with Crippen molar-refractivity contribution in [2.45, 2.75) is 5.92 Å². The van der Waals surface area contributed by atoms with Gasteiger partial charge in [-0.25, -0.2) is 4.79 Å². The molecule has 0 radical (unpaired) electrons. The number of methoxy groups -OCH3 is 1. The molecular formula is C20H13N3O7. The number of allylic oxidation sites excluding steroid dienone is 1. The molecule has 3 N–H and O–H groups in total. The topological polar surface area (TPSA) is 162 Å². The van der Waals surface area contributed by atoms with Crippen molar-refractivity contribution in [3.05, 3.63) is 79.5 Å². The highest BCUT2D eigenvalue weighted by Crippen LogP contribution is 2.47. The van der Waals surface area contributed by atoms with Gasteiger partial charge in [-0.1, -0.05) is 12.1 Å². The molecule has 0 amide bonds. The molecule has 0 aliphatic carbocycles. The van der Waals surface area contributed by atoms with Crippen LogP contribution < -0.4 is 20.8 Å². The molecule has 1 unspecified atom stereocenters.